The normalized spacial score (nSPS) is 17.0. The van der Waals surface area contributed by atoms with Crippen LogP contribution in [0.25, 0.3) is 11.0 Å². The molecule has 2 aromatic carbocycles. The number of hydrogen-bond donors (Lipinski definition) is 2. The van der Waals surface area contributed by atoms with E-state index in [4.69, 9.17) is 13.9 Å². The van der Waals surface area contributed by atoms with Crippen LogP contribution in [0.1, 0.15) is 62.9 Å². The molecule has 12 nitrogen and oxygen atoms in total. The molecule has 2 N–H and O–H groups in total. The highest BCUT2D eigenvalue weighted by Crippen LogP contribution is 2.31. The van der Waals surface area contributed by atoms with Crippen molar-refractivity contribution in [3.63, 3.8) is 0 Å². The van der Waals surface area contributed by atoms with Gasteiger partial charge in [-0.1, -0.05) is 36.4 Å². The summed E-state index contributed by atoms with van der Waals surface area (Å²) in [5.74, 6) is -1.88. The summed E-state index contributed by atoms with van der Waals surface area (Å²) in [4.78, 5) is 68.0. The summed E-state index contributed by atoms with van der Waals surface area (Å²) < 4.78 is 17.3. The molecule has 12 heteroatoms. The zero-order valence-corrected chi connectivity index (χ0v) is 24.2. The van der Waals surface area contributed by atoms with Gasteiger partial charge in [0, 0.05) is 36.2 Å². The molecule has 45 heavy (non-hydrogen) atoms. The average Bonchev–Trinajstić information content (AvgIpc) is 3.58. The number of piperidine rings is 1. The molecular weight excluding hydrogens is 580 g/mol. The van der Waals surface area contributed by atoms with Crippen molar-refractivity contribution in [2.24, 2.45) is 0 Å². The zero-order valence-electron chi connectivity index (χ0n) is 24.2. The SMILES string of the molecule is O=C1CCC(N2C(=O)c3cccc(COCCOCCC(=O)NC(c4cccnc4)c4cc5ccccc5o4)c3C2=O)C(=O)N1. The second-order valence-corrected chi connectivity index (χ2v) is 10.7. The maximum atomic E-state index is 13.2. The van der Waals surface area contributed by atoms with E-state index in [-0.39, 0.29) is 62.7 Å². The van der Waals surface area contributed by atoms with E-state index in [0.29, 0.717) is 11.3 Å². The van der Waals surface area contributed by atoms with Crippen molar-refractivity contribution in [1.29, 1.82) is 0 Å². The van der Waals surface area contributed by atoms with E-state index in [1.165, 1.54) is 6.07 Å². The number of ether oxygens (including phenoxy) is 2. The number of hydrogen-bond acceptors (Lipinski definition) is 9. The maximum Gasteiger partial charge on any atom is 0.262 e. The highest BCUT2D eigenvalue weighted by molar-refractivity contribution is 6.24. The second kappa shape index (κ2) is 13.2. The quantitative estimate of drug-likeness (QED) is 0.182. The Morgan fingerprint density at radius 2 is 1.84 bits per heavy atom. The molecule has 1 fully saturated rings. The molecule has 2 atom stereocenters. The third-order valence-corrected chi connectivity index (χ3v) is 7.71. The van der Waals surface area contributed by atoms with Gasteiger partial charge in [-0.05, 0) is 36.2 Å². The summed E-state index contributed by atoms with van der Waals surface area (Å²) in [6.45, 7) is 0.581. The third kappa shape index (κ3) is 6.37. The van der Waals surface area contributed by atoms with E-state index in [9.17, 15) is 24.0 Å². The molecule has 6 rings (SSSR count). The van der Waals surface area contributed by atoms with Crippen molar-refractivity contribution in [3.05, 3.63) is 101 Å². The van der Waals surface area contributed by atoms with E-state index >= 15 is 0 Å². The lowest BCUT2D eigenvalue weighted by Crippen LogP contribution is -2.54. The maximum absolute atomic E-state index is 13.2. The highest BCUT2D eigenvalue weighted by atomic mass is 16.5. The molecule has 230 valence electrons. The van der Waals surface area contributed by atoms with Crippen LogP contribution in [0.2, 0.25) is 0 Å². The fraction of sp³-hybridized carbons (Fsp3) is 0.273. The van der Waals surface area contributed by atoms with Gasteiger partial charge in [-0.2, -0.15) is 0 Å². The number of nitrogens with zero attached hydrogens (tertiary/aromatic N) is 2. The summed E-state index contributed by atoms with van der Waals surface area (Å²) in [5, 5.41) is 6.13. The molecule has 0 spiro atoms. The molecule has 0 bridgehead atoms. The molecule has 2 unspecified atom stereocenters. The van der Waals surface area contributed by atoms with E-state index in [1.807, 2.05) is 36.4 Å². The topological polar surface area (TPSA) is 157 Å². The van der Waals surface area contributed by atoms with Crippen LogP contribution >= 0.6 is 0 Å². The summed E-state index contributed by atoms with van der Waals surface area (Å²) in [6.07, 6.45) is 3.59. The molecule has 5 amide bonds. The van der Waals surface area contributed by atoms with Crippen molar-refractivity contribution in [1.82, 2.24) is 20.5 Å². The Labute approximate surface area is 257 Å². The molecular formula is C33H30N4O8. The molecule has 0 saturated carbocycles. The van der Waals surface area contributed by atoms with Crippen LogP contribution < -0.4 is 10.6 Å². The van der Waals surface area contributed by atoms with Gasteiger partial charge < -0.3 is 19.2 Å². The largest absolute Gasteiger partial charge is 0.459 e. The van der Waals surface area contributed by atoms with Gasteiger partial charge in [-0.15, -0.1) is 0 Å². The fourth-order valence-corrected chi connectivity index (χ4v) is 5.52. The lowest BCUT2D eigenvalue weighted by atomic mass is 10.0. The Hall–Kier alpha value is -5.20. The number of amides is 5. The van der Waals surface area contributed by atoms with Crippen LogP contribution in [0.4, 0.5) is 0 Å². The van der Waals surface area contributed by atoms with Gasteiger partial charge in [0.25, 0.3) is 11.8 Å². The van der Waals surface area contributed by atoms with Crippen molar-refractivity contribution in [3.8, 4) is 0 Å². The molecule has 2 aliphatic heterocycles. The number of fused-ring (bicyclic) bond motifs is 2. The number of nitrogens with one attached hydrogen (secondary N) is 2. The number of rotatable bonds is 12. The lowest BCUT2D eigenvalue weighted by molar-refractivity contribution is -0.136. The Bertz CT molecular complexity index is 1740. The van der Waals surface area contributed by atoms with E-state index in [2.05, 4.69) is 15.6 Å². The Morgan fingerprint density at radius 3 is 2.64 bits per heavy atom. The van der Waals surface area contributed by atoms with Gasteiger partial charge in [-0.3, -0.25) is 39.2 Å². The minimum Gasteiger partial charge on any atom is -0.459 e. The number of pyridine rings is 1. The van der Waals surface area contributed by atoms with Crippen LogP contribution in [-0.2, 0) is 30.5 Å². The van der Waals surface area contributed by atoms with Crippen molar-refractivity contribution >= 4 is 40.5 Å². The van der Waals surface area contributed by atoms with Gasteiger partial charge in [0.2, 0.25) is 17.7 Å². The first-order valence-corrected chi connectivity index (χ1v) is 14.6. The van der Waals surface area contributed by atoms with Crippen molar-refractivity contribution in [2.45, 2.75) is 38.0 Å². The minimum atomic E-state index is -1.03. The van der Waals surface area contributed by atoms with E-state index < -0.39 is 35.7 Å². The monoisotopic (exact) mass is 610 g/mol. The summed E-state index contributed by atoms with van der Waals surface area (Å²) in [6, 6.07) is 16.5. The first-order chi connectivity index (χ1) is 21.9. The summed E-state index contributed by atoms with van der Waals surface area (Å²) in [7, 11) is 0. The summed E-state index contributed by atoms with van der Waals surface area (Å²) >= 11 is 0. The smallest absolute Gasteiger partial charge is 0.262 e. The first-order valence-electron chi connectivity index (χ1n) is 14.6. The molecule has 0 radical (unpaired) electrons. The summed E-state index contributed by atoms with van der Waals surface area (Å²) in [5.41, 5.74) is 2.40. The van der Waals surface area contributed by atoms with E-state index in [0.717, 1.165) is 21.4 Å². The number of furan rings is 1. The molecule has 2 aliphatic rings. The predicted molar refractivity (Wildman–Crippen MR) is 159 cm³/mol. The van der Waals surface area contributed by atoms with E-state index in [1.54, 1.807) is 30.6 Å². The predicted octanol–water partition coefficient (Wildman–Crippen LogP) is 3.06. The fourth-order valence-electron chi connectivity index (χ4n) is 5.52. The van der Waals surface area contributed by atoms with Gasteiger partial charge in [0.05, 0.1) is 37.6 Å². The number of carbonyl (C=O) groups excluding carboxylic acids is 5. The van der Waals surface area contributed by atoms with Crippen LogP contribution in [0.3, 0.4) is 0 Å². The Balaban J connectivity index is 0.978. The van der Waals surface area contributed by atoms with Gasteiger partial charge in [0.1, 0.15) is 23.4 Å². The van der Waals surface area contributed by atoms with Crippen LogP contribution in [0, 0.1) is 0 Å². The number of carbonyl (C=O) groups is 5. The Kier molecular flexibility index (Phi) is 8.76. The standard InChI is InChI=1S/C33H30N4O8/c38-27-11-10-24(31(40)36-27)37-32(41)23-8-3-6-22(29(23)33(37)42)19-44-16-15-43-14-12-28(39)35-30(21-7-4-13-34-18-21)26-17-20-5-1-2-9-25(20)45-26/h1-9,13,17-18,24,30H,10-12,14-16,19H2,(H,35,39)(H,36,38,40). The third-order valence-electron chi connectivity index (χ3n) is 7.71. The molecule has 4 heterocycles. The minimum absolute atomic E-state index is 0.0412. The van der Waals surface area contributed by atoms with Crippen molar-refractivity contribution < 1.29 is 37.9 Å². The molecule has 0 aliphatic carbocycles. The molecule has 1 saturated heterocycles. The second-order valence-electron chi connectivity index (χ2n) is 10.7. The first kappa shape index (κ1) is 29.9. The van der Waals surface area contributed by atoms with Crippen LogP contribution in [0.5, 0.6) is 0 Å². The lowest BCUT2D eigenvalue weighted by Gasteiger charge is -2.27. The van der Waals surface area contributed by atoms with Gasteiger partial charge in [0.15, 0.2) is 0 Å². The number of para-hydroxylation sites is 1. The highest BCUT2D eigenvalue weighted by Gasteiger charge is 2.45. The van der Waals surface area contributed by atoms with Crippen molar-refractivity contribution in [2.75, 3.05) is 19.8 Å². The number of imide groups is 2. The Morgan fingerprint density at radius 1 is 1.00 bits per heavy atom. The number of benzene rings is 2. The molecule has 2 aromatic heterocycles. The van der Waals surface area contributed by atoms with Crippen LogP contribution in [-0.4, -0.2) is 65.3 Å². The zero-order chi connectivity index (χ0) is 31.3. The molecule has 4 aromatic rings. The van der Waals surface area contributed by atoms with Gasteiger partial charge in [-0.25, -0.2) is 0 Å². The van der Waals surface area contributed by atoms with Crippen LogP contribution in [0.15, 0.2) is 77.5 Å². The average molecular weight is 611 g/mol. The number of aromatic nitrogens is 1. The van der Waals surface area contributed by atoms with Gasteiger partial charge >= 0.3 is 0 Å².